The summed E-state index contributed by atoms with van der Waals surface area (Å²) in [6.07, 6.45) is 2.58. The molecule has 1 aromatic heterocycles. The number of benzene rings is 1. The minimum Gasteiger partial charge on any atom is -0.481 e. The summed E-state index contributed by atoms with van der Waals surface area (Å²) >= 11 is 0. The van der Waals surface area contributed by atoms with E-state index in [-0.39, 0.29) is 24.3 Å². The second kappa shape index (κ2) is 7.34. The number of carbonyl (C=O) groups excluding carboxylic acids is 2. The third kappa shape index (κ3) is 3.79. The second-order valence-electron chi connectivity index (χ2n) is 6.02. The molecule has 2 amide bonds. The van der Waals surface area contributed by atoms with Gasteiger partial charge in [-0.1, -0.05) is 24.3 Å². The molecule has 1 atom stereocenters. The van der Waals surface area contributed by atoms with Gasteiger partial charge in [0.25, 0.3) is 0 Å². The van der Waals surface area contributed by atoms with E-state index >= 15 is 0 Å². The van der Waals surface area contributed by atoms with Crippen LogP contribution >= 0.6 is 0 Å². The van der Waals surface area contributed by atoms with Crippen molar-refractivity contribution >= 4 is 17.5 Å². The minimum absolute atomic E-state index is 0.0154. The fraction of sp³-hybridized carbons (Fsp3) is 0.316. The summed E-state index contributed by atoms with van der Waals surface area (Å²) in [4.78, 5) is 30.4. The molecule has 0 spiro atoms. The Morgan fingerprint density at radius 1 is 1.28 bits per heavy atom. The Morgan fingerprint density at radius 3 is 2.76 bits per heavy atom. The van der Waals surface area contributed by atoms with E-state index in [1.165, 1.54) is 12.7 Å². The van der Waals surface area contributed by atoms with Gasteiger partial charge in [0.2, 0.25) is 17.7 Å². The van der Waals surface area contributed by atoms with E-state index in [4.69, 9.17) is 4.74 Å². The molecule has 3 rings (SSSR count). The number of carbonyl (C=O) groups is 2. The van der Waals surface area contributed by atoms with Crippen molar-refractivity contribution in [2.24, 2.45) is 0 Å². The van der Waals surface area contributed by atoms with E-state index in [1.807, 2.05) is 18.2 Å². The summed E-state index contributed by atoms with van der Waals surface area (Å²) in [5, 5.41) is 2.84. The van der Waals surface area contributed by atoms with Gasteiger partial charge in [-0.05, 0) is 23.6 Å². The van der Waals surface area contributed by atoms with Crippen LogP contribution in [0.5, 0.6) is 5.88 Å². The lowest BCUT2D eigenvalue weighted by molar-refractivity contribution is -0.132. The summed E-state index contributed by atoms with van der Waals surface area (Å²) in [5.41, 5.74) is 2.85. The normalized spacial score (nSPS) is 16.1. The Morgan fingerprint density at radius 2 is 2.08 bits per heavy atom. The first-order valence-electron chi connectivity index (χ1n) is 8.23. The van der Waals surface area contributed by atoms with Crippen molar-refractivity contribution in [2.75, 3.05) is 19.0 Å². The molecule has 0 fully saturated rings. The molecule has 6 heteroatoms. The lowest BCUT2D eigenvalue weighted by Gasteiger charge is -2.36. The van der Waals surface area contributed by atoms with Crippen LogP contribution < -0.4 is 10.1 Å². The number of hydrogen-bond acceptors (Lipinski definition) is 4. The minimum atomic E-state index is -0.242. The van der Waals surface area contributed by atoms with Crippen LogP contribution in [0.15, 0.2) is 42.6 Å². The van der Waals surface area contributed by atoms with Gasteiger partial charge in [0.05, 0.1) is 31.5 Å². The van der Waals surface area contributed by atoms with Gasteiger partial charge in [0.1, 0.15) is 0 Å². The summed E-state index contributed by atoms with van der Waals surface area (Å²) in [5.74, 6) is 0.320. The Hall–Kier alpha value is -2.89. The first kappa shape index (κ1) is 17.0. The summed E-state index contributed by atoms with van der Waals surface area (Å²) in [6.45, 7) is 2.18. The van der Waals surface area contributed by atoms with E-state index in [1.54, 1.807) is 30.2 Å². The van der Waals surface area contributed by atoms with Crippen LogP contribution in [0, 0.1) is 0 Å². The van der Waals surface area contributed by atoms with Crippen molar-refractivity contribution < 1.29 is 14.3 Å². The van der Waals surface area contributed by atoms with Gasteiger partial charge in [-0.25, -0.2) is 4.98 Å². The van der Waals surface area contributed by atoms with Crippen LogP contribution in [0.2, 0.25) is 0 Å². The second-order valence-corrected chi connectivity index (χ2v) is 6.02. The number of methoxy groups -OCH3 is 1. The van der Waals surface area contributed by atoms with Crippen molar-refractivity contribution in [3.63, 3.8) is 0 Å². The van der Waals surface area contributed by atoms with Crippen molar-refractivity contribution in [1.29, 1.82) is 0 Å². The number of rotatable bonds is 4. The number of fused-ring (bicyclic) bond motifs is 1. The molecular formula is C19H21N3O3. The molecule has 1 aliphatic heterocycles. The molecule has 0 bridgehead atoms. The van der Waals surface area contributed by atoms with E-state index < -0.39 is 0 Å². The van der Waals surface area contributed by atoms with Crippen LogP contribution in [0.3, 0.4) is 0 Å². The van der Waals surface area contributed by atoms with Gasteiger partial charge in [0.15, 0.2) is 0 Å². The maximum absolute atomic E-state index is 12.5. The van der Waals surface area contributed by atoms with E-state index in [2.05, 4.69) is 16.4 Å². The summed E-state index contributed by atoms with van der Waals surface area (Å²) in [7, 11) is 1.54. The van der Waals surface area contributed by atoms with Gasteiger partial charge in [-0.2, -0.15) is 0 Å². The molecule has 2 aromatic rings. The van der Waals surface area contributed by atoms with Gasteiger partial charge < -0.3 is 15.0 Å². The molecule has 1 unspecified atom stereocenters. The van der Waals surface area contributed by atoms with Gasteiger partial charge >= 0.3 is 0 Å². The van der Waals surface area contributed by atoms with Crippen molar-refractivity contribution in [2.45, 2.75) is 25.8 Å². The monoisotopic (exact) mass is 339 g/mol. The number of nitrogens with zero attached hydrogens (tertiary/aromatic N) is 2. The predicted molar refractivity (Wildman–Crippen MR) is 94.3 cm³/mol. The number of amides is 2. The Balaban J connectivity index is 1.76. The zero-order valence-corrected chi connectivity index (χ0v) is 14.4. The number of ether oxygens (including phenoxy) is 1. The summed E-state index contributed by atoms with van der Waals surface area (Å²) in [6, 6.07) is 11.2. The first-order chi connectivity index (χ1) is 12.1. The predicted octanol–water partition coefficient (Wildman–Crippen LogP) is 2.56. The third-order valence-electron chi connectivity index (χ3n) is 4.42. The largest absolute Gasteiger partial charge is 0.481 e. The molecule has 130 valence electrons. The highest BCUT2D eigenvalue weighted by atomic mass is 16.5. The third-order valence-corrected chi connectivity index (χ3v) is 4.42. The molecule has 6 nitrogen and oxygen atoms in total. The SMILES string of the molecule is COc1ccc(NC(=O)CC2c3ccccc3CCN2C(C)=O)cn1. The topological polar surface area (TPSA) is 71.5 Å². The fourth-order valence-corrected chi connectivity index (χ4v) is 3.21. The van der Waals surface area contributed by atoms with Crippen LogP contribution in [0.4, 0.5) is 5.69 Å². The molecule has 25 heavy (non-hydrogen) atoms. The standard InChI is InChI=1S/C19H21N3O3/c1-13(23)22-10-9-14-5-3-4-6-16(14)17(22)11-18(24)21-15-7-8-19(25-2)20-12-15/h3-8,12,17H,9-11H2,1-2H3,(H,21,24). The van der Waals surface area contributed by atoms with E-state index in [0.29, 0.717) is 18.1 Å². The molecular weight excluding hydrogens is 318 g/mol. The quantitative estimate of drug-likeness (QED) is 0.929. The zero-order chi connectivity index (χ0) is 17.8. The van der Waals surface area contributed by atoms with Crippen LogP contribution in [0.25, 0.3) is 0 Å². The van der Waals surface area contributed by atoms with E-state index in [9.17, 15) is 9.59 Å². The number of hydrogen-bond donors (Lipinski definition) is 1. The van der Waals surface area contributed by atoms with Gasteiger partial charge in [-0.15, -0.1) is 0 Å². The molecule has 0 radical (unpaired) electrons. The van der Waals surface area contributed by atoms with Crippen molar-refractivity contribution in [3.8, 4) is 5.88 Å². The lowest BCUT2D eigenvalue weighted by atomic mass is 9.90. The molecule has 1 aliphatic rings. The van der Waals surface area contributed by atoms with Gasteiger partial charge in [0, 0.05) is 19.5 Å². The van der Waals surface area contributed by atoms with Crippen LogP contribution in [-0.4, -0.2) is 35.4 Å². The molecule has 2 heterocycles. The average Bonchev–Trinajstić information content (AvgIpc) is 2.62. The van der Waals surface area contributed by atoms with E-state index in [0.717, 1.165) is 12.0 Å². The van der Waals surface area contributed by atoms with Crippen LogP contribution in [-0.2, 0) is 16.0 Å². The first-order valence-corrected chi connectivity index (χ1v) is 8.23. The number of anilines is 1. The Kier molecular flexibility index (Phi) is 4.97. The molecule has 1 aromatic carbocycles. The maximum atomic E-state index is 12.5. The van der Waals surface area contributed by atoms with Crippen LogP contribution in [0.1, 0.15) is 30.5 Å². The highest BCUT2D eigenvalue weighted by Crippen LogP contribution is 2.32. The van der Waals surface area contributed by atoms with Crippen molar-refractivity contribution in [3.05, 3.63) is 53.7 Å². The maximum Gasteiger partial charge on any atom is 0.226 e. The fourth-order valence-electron chi connectivity index (χ4n) is 3.21. The Labute approximate surface area is 146 Å². The Bertz CT molecular complexity index is 774. The number of pyridine rings is 1. The average molecular weight is 339 g/mol. The molecule has 0 aliphatic carbocycles. The highest BCUT2D eigenvalue weighted by Gasteiger charge is 2.30. The molecule has 1 N–H and O–H groups in total. The number of aromatic nitrogens is 1. The zero-order valence-electron chi connectivity index (χ0n) is 14.4. The van der Waals surface area contributed by atoms with Gasteiger partial charge in [-0.3, -0.25) is 9.59 Å². The lowest BCUT2D eigenvalue weighted by Crippen LogP contribution is -2.40. The highest BCUT2D eigenvalue weighted by molar-refractivity contribution is 5.91. The number of nitrogens with one attached hydrogen (secondary N) is 1. The smallest absolute Gasteiger partial charge is 0.226 e. The summed E-state index contributed by atoms with van der Waals surface area (Å²) < 4.78 is 5.01. The molecule has 0 saturated carbocycles. The molecule has 0 saturated heterocycles. The van der Waals surface area contributed by atoms with Crippen molar-refractivity contribution in [1.82, 2.24) is 9.88 Å².